The molecule has 0 spiro atoms. The molecule has 1 heterocycles. The third-order valence-electron chi connectivity index (χ3n) is 3.54. The zero-order valence-electron chi connectivity index (χ0n) is 10.6. The Hall–Kier alpha value is -1.38. The highest BCUT2D eigenvalue weighted by molar-refractivity contribution is 5.82. The molecule has 0 saturated carbocycles. The van der Waals surface area contributed by atoms with E-state index in [1.807, 2.05) is 0 Å². The third-order valence-corrected chi connectivity index (χ3v) is 3.54. The van der Waals surface area contributed by atoms with E-state index < -0.39 is 0 Å². The average molecular weight is 241 g/mol. The fourth-order valence-electron chi connectivity index (χ4n) is 2.53. The van der Waals surface area contributed by atoms with Crippen LogP contribution in [-0.2, 0) is 11.3 Å². The average Bonchev–Trinajstić information content (AvgIpc) is 2.92. The first-order valence-electron chi connectivity index (χ1n) is 6.72. The maximum atomic E-state index is 5.60. The molecule has 0 aromatic heterocycles. The van der Waals surface area contributed by atoms with E-state index in [2.05, 4.69) is 47.8 Å². The molecule has 1 aliphatic rings. The molecule has 94 valence electrons. The van der Waals surface area contributed by atoms with Crippen LogP contribution in [0.3, 0.4) is 0 Å². The molecule has 1 aliphatic heterocycles. The van der Waals surface area contributed by atoms with Gasteiger partial charge in [-0.15, -0.1) is 0 Å². The molecule has 0 radical (unpaired) electrons. The molecule has 0 bridgehead atoms. The summed E-state index contributed by atoms with van der Waals surface area (Å²) in [7, 11) is 0. The number of hydrogen-bond donors (Lipinski definition) is 1. The number of benzene rings is 2. The first-order chi connectivity index (χ1) is 8.92. The molecule has 1 N–H and O–H groups in total. The van der Waals surface area contributed by atoms with Gasteiger partial charge in [0.05, 0.1) is 6.10 Å². The lowest BCUT2D eigenvalue weighted by molar-refractivity contribution is 0.110. The van der Waals surface area contributed by atoms with Gasteiger partial charge in [0, 0.05) is 19.7 Å². The highest BCUT2D eigenvalue weighted by Crippen LogP contribution is 2.16. The monoisotopic (exact) mass is 241 g/mol. The maximum absolute atomic E-state index is 5.60. The molecule has 0 amide bonds. The molecule has 2 heteroatoms. The molecule has 1 fully saturated rings. The topological polar surface area (TPSA) is 21.3 Å². The normalized spacial score (nSPS) is 19.4. The van der Waals surface area contributed by atoms with E-state index >= 15 is 0 Å². The lowest BCUT2D eigenvalue weighted by Crippen LogP contribution is -2.25. The van der Waals surface area contributed by atoms with Gasteiger partial charge in [0.15, 0.2) is 0 Å². The van der Waals surface area contributed by atoms with Crippen molar-refractivity contribution >= 4 is 10.8 Å². The Bertz CT molecular complexity index is 517. The molecule has 1 atom stereocenters. The second kappa shape index (κ2) is 5.51. The van der Waals surface area contributed by atoms with E-state index in [9.17, 15) is 0 Å². The highest BCUT2D eigenvalue weighted by atomic mass is 16.5. The number of rotatable bonds is 4. The summed E-state index contributed by atoms with van der Waals surface area (Å²) in [6, 6.07) is 15.1. The Morgan fingerprint density at radius 1 is 1.11 bits per heavy atom. The van der Waals surface area contributed by atoms with Crippen LogP contribution in [0.4, 0.5) is 0 Å². The van der Waals surface area contributed by atoms with Gasteiger partial charge >= 0.3 is 0 Å². The van der Waals surface area contributed by atoms with Crippen LogP contribution >= 0.6 is 0 Å². The van der Waals surface area contributed by atoms with Crippen LogP contribution in [0.25, 0.3) is 10.8 Å². The molecule has 1 unspecified atom stereocenters. The van der Waals surface area contributed by atoms with Gasteiger partial charge in [-0.3, -0.25) is 0 Å². The van der Waals surface area contributed by atoms with Crippen molar-refractivity contribution in [1.29, 1.82) is 0 Å². The van der Waals surface area contributed by atoms with Crippen molar-refractivity contribution in [3.8, 4) is 0 Å². The van der Waals surface area contributed by atoms with E-state index in [1.165, 1.54) is 29.2 Å². The molecule has 3 rings (SSSR count). The summed E-state index contributed by atoms with van der Waals surface area (Å²) < 4.78 is 5.60. The fourth-order valence-corrected chi connectivity index (χ4v) is 2.53. The van der Waals surface area contributed by atoms with Crippen LogP contribution in [0.1, 0.15) is 18.4 Å². The van der Waals surface area contributed by atoms with E-state index in [4.69, 9.17) is 4.74 Å². The second-order valence-electron chi connectivity index (χ2n) is 4.95. The first-order valence-corrected chi connectivity index (χ1v) is 6.72. The minimum atomic E-state index is 0.422. The largest absolute Gasteiger partial charge is 0.377 e. The summed E-state index contributed by atoms with van der Waals surface area (Å²) in [5, 5.41) is 6.10. The predicted octanol–water partition coefficient (Wildman–Crippen LogP) is 3.11. The van der Waals surface area contributed by atoms with E-state index in [0.717, 1.165) is 19.7 Å². The van der Waals surface area contributed by atoms with Gasteiger partial charge in [0.2, 0.25) is 0 Å². The standard InChI is InChI=1S/C16H19NO/c1-2-5-15-10-13(7-8-14(15)4-1)11-17-12-16-6-3-9-18-16/h1-2,4-5,7-8,10,16-17H,3,6,9,11-12H2. The van der Waals surface area contributed by atoms with Crippen molar-refractivity contribution in [3.63, 3.8) is 0 Å². The molecule has 0 aliphatic carbocycles. The van der Waals surface area contributed by atoms with Crippen LogP contribution in [-0.4, -0.2) is 19.3 Å². The van der Waals surface area contributed by atoms with Gasteiger partial charge in [0.25, 0.3) is 0 Å². The Morgan fingerprint density at radius 3 is 2.83 bits per heavy atom. The lowest BCUT2D eigenvalue weighted by atomic mass is 10.1. The number of fused-ring (bicyclic) bond motifs is 1. The first kappa shape index (κ1) is 11.7. The lowest BCUT2D eigenvalue weighted by Gasteiger charge is -2.11. The van der Waals surface area contributed by atoms with Gasteiger partial charge in [0.1, 0.15) is 0 Å². The second-order valence-corrected chi connectivity index (χ2v) is 4.95. The van der Waals surface area contributed by atoms with Crippen molar-refractivity contribution in [1.82, 2.24) is 5.32 Å². The minimum absolute atomic E-state index is 0.422. The number of ether oxygens (including phenoxy) is 1. The highest BCUT2D eigenvalue weighted by Gasteiger charge is 2.14. The minimum Gasteiger partial charge on any atom is -0.377 e. The van der Waals surface area contributed by atoms with Gasteiger partial charge in [-0.1, -0.05) is 36.4 Å². The molecule has 18 heavy (non-hydrogen) atoms. The summed E-state index contributed by atoms with van der Waals surface area (Å²) in [6.45, 7) is 2.82. The zero-order chi connectivity index (χ0) is 12.2. The van der Waals surface area contributed by atoms with Crippen molar-refractivity contribution in [2.24, 2.45) is 0 Å². The van der Waals surface area contributed by atoms with Gasteiger partial charge in [-0.25, -0.2) is 0 Å². The number of hydrogen-bond acceptors (Lipinski definition) is 2. The summed E-state index contributed by atoms with van der Waals surface area (Å²) in [5.41, 5.74) is 1.34. The third kappa shape index (κ3) is 2.71. The zero-order valence-corrected chi connectivity index (χ0v) is 10.6. The molecule has 2 nitrogen and oxygen atoms in total. The van der Waals surface area contributed by atoms with Crippen molar-refractivity contribution in [2.45, 2.75) is 25.5 Å². The predicted molar refractivity (Wildman–Crippen MR) is 74.6 cm³/mol. The molecular weight excluding hydrogens is 222 g/mol. The van der Waals surface area contributed by atoms with Crippen LogP contribution < -0.4 is 5.32 Å². The van der Waals surface area contributed by atoms with Crippen molar-refractivity contribution in [2.75, 3.05) is 13.2 Å². The Kier molecular flexibility index (Phi) is 3.58. The van der Waals surface area contributed by atoms with Crippen molar-refractivity contribution < 1.29 is 4.74 Å². The van der Waals surface area contributed by atoms with Gasteiger partial charge in [-0.05, 0) is 35.2 Å². The Balaban J connectivity index is 1.60. The molecular formula is C16H19NO. The van der Waals surface area contributed by atoms with E-state index in [0.29, 0.717) is 6.10 Å². The summed E-state index contributed by atoms with van der Waals surface area (Å²) >= 11 is 0. The Morgan fingerprint density at radius 2 is 2.00 bits per heavy atom. The number of nitrogens with one attached hydrogen (secondary N) is 1. The molecule has 2 aromatic carbocycles. The van der Waals surface area contributed by atoms with E-state index in [1.54, 1.807) is 0 Å². The maximum Gasteiger partial charge on any atom is 0.0700 e. The smallest absolute Gasteiger partial charge is 0.0700 e. The van der Waals surface area contributed by atoms with Crippen LogP contribution in [0.15, 0.2) is 42.5 Å². The Labute approximate surface area is 108 Å². The van der Waals surface area contributed by atoms with Crippen LogP contribution in [0, 0.1) is 0 Å². The fraction of sp³-hybridized carbons (Fsp3) is 0.375. The molecule has 2 aromatic rings. The summed E-state index contributed by atoms with van der Waals surface area (Å²) in [4.78, 5) is 0. The van der Waals surface area contributed by atoms with Gasteiger partial charge in [-0.2, -0.15) is 0 Å². The summed E-state index contributed by atoms with van der Waals surface area (Å²) in [6.07, 6.45) is 2.83. The quantitative estimate of drug-likeness (QED) is 0.888. The van der Waals surface area contributed by atoms with Crippen molar-refractivity contribution in [3.05, 3.63) is 48.0 Å². The van der Waals surface area contributed by atoms with Crippen LogP contribution in [0.5, 0.6) is 0 Å². The molecule has 1 saturated heterocycles. The van der Waals surface area contributed by atoms with Crippen LogP contribution in [0.2, 0.25) is 0 Å². The van der Waals surface area contributed by atoms with Gasteiger partial charge < -0.3 is 10.1 Å². The summed E-state index contributed by atoms with van der Waals surface area (Å²) in [5.74, 6) is 0. The SMILES string of the molecule is c1ccc2cc(CNCC3CCCO3)ccc2c1. The van der Waals surface area contributed by atoms with E-state index in [-0.39, 0.29) is 0 Å².